The molecule has 3 aliphatic heterocycles. The molecule has 0 radical (unpaired) electrons. The van der Waals surface area contributed by atoms with Crippen molar-refractivity contribution in [3.05, 3.63) is 90.5 Å². The molecule has 0 saturated carbocycles. The molecule has 2 aromatic rings. The molecule has 2 N–H and O–H groups in total. The lowest BCUT2D eigenvalue weighted by atomic mass is 9.70. The number of alkyl halides is 1. The molecule has 49 heavy (non-hydrogen) atoms. The van der Waals surface area contributed by atoms with Crippen molar-refractivity contribution in [3.8, 4) is 0 Å². The zero-order valence-corrected chi connectivity index (χ0v) is 29.9. The van der Waals surface area contributed by atoms with E-state index in [-0.39, 0.29) is 42.8 Å². The SMILES string of the molecule is C=CCCC(=O)NC[C@H](OC(=O)[C@@H]1[C@H]2O[C@@]3(CC2Br)[C@H](C(=O)N(CC=C)c2c(C)cccc2C)N([C@@H](CC)CO)C(=O)[C@@H]13)c1ccccc1. The van der Waals surface area contributed by atoms with Gasteiger partial charge in [-0.15, -0.1) is 13.2 Å². The number of allylic oxidation sites excluding steroid dienone is 1. The van der Waals surface area contributed by atoms with E-state index in [2.05, 4.69) is 34.4 Å². The molecule has 3 saturated heterocycles. The van der Waals surface area contributed by atoms with Crippen LogP contribution in [-0.4, -0.2) is 82.0 Å². The monoisotopic (exact) mass is 735 g/mol. The van der Waals surface area contributed by atoms with Crippen molar-refractivity contribution in [1.82, 2.24) is 10.2 Å². The van der Waals surface area contributed by atoms with E-state index in [9.17, 15) is 24.3 Å². The van der Waals surface area contributed by atoms with E-state index in [1.165, 1.54) is 4.90 Å². The van der Waals surface area contributed by atoms with Crippen LogP contribution in [0.25, 0.3) is 0 Å². The van der Waals surface area contributed by atoms with Gasteiger partial charge in [-0.05, 0) is 49.8 Å². The van der Waals surface area contributed by atoms with Crippen LogP contribution in [0.2, 0.25) is 0 Å². The summed E-state index contributed by atoms with van der Waals surface area (Å²) in [5, 5.41) is 13.3. The van der Waals surface area contributed by atoms with Crippen molar-refractivity contribution < 1.29 is 33.8 Å². The maximum atomic E-state index is 15.0. The van der Waals surface area contributed by atoms with Gasteiger partial charge in [0.15, 0.2) is 0 Å². The number of nitrogens with zero attached hydrogens (tertiary/aromatic N) is 2. The van der Waals surface area contributed by atoms with Crippen LogP contribution in [0.3, 0.4) is 0 Å². The van der Waals surface area contributed by atoms with Gasteiger partial charge in [0.2, 0.25) is 11.8 Å². The quantitative estimate of drug-likeness (QED) is 0.154. The van der Waals surface area contributed by atoms with E-state index >= 15 is 0 Å². The van der Waals surface area contributed by atoms with Crippen LogP contribution >= 0.6 is 15.9 Å². The minimum absolute atomic E-state index is 0.0351. The van der Waals surface area contributed by atoms with Gasteiger partial charge in [0.25, 0.3) is 5.91 Å². The summed E-state index contributed by atoms with van der Waals surface area (Å²) in [6, 6.07) is 13.1. The normalized spacial score (nSPS) is 26.5. The predicted molar refractivity (Wildman–Crippen MR) is 190 cm³/mol. The minimum atomic E-state index is -1.35. The van der Waals surface area contributed by atoms with Crippen LogP contribution in [0.4, 0.5) is 5.69 Å². The number of benzene rings is 2. The second-order valence-electron chi connectivity index (χ2n) is 13.1. The van der Waals surface area contributed by atoms with Crippen LogP contribution in [0.1, 0.15) is 55.4 Å². The fourth-order valence-electron chi connectivity index (χ4n) is 7.86. The molecule has 5 rings (SSSR count). The van der Waals surface area contributed by atoms with Gasteiger partial charge in [0, 0.05) is 23.5 Å². The van der Waals surface area contributed by atoms with Crippen LogP contribution in [0.15, 0.2) is 73.8 Å². The molecule has 3 heterocycles. The summed E-state index contributed by atoms with van der Waals surface area (Å²) in [6.45, 7) is 13.1. The average molecular weight is 737 g/mol. The van der Waals surface area contributed by atoms with Crippen LogP contribution in [-0.2, 0) is 28.7 Å². The molecule has 262 valence electrons. The van der Waals surface area contributed by atoms with E-state index in [0.717, 1.165) is 16.8 Å². The lowest BCUT2D eigenvalue weighted by Crippen LogP contribution is -2.59. The number of amides is 3. The first kappa shape index (κ1) is 36.5. The van der Waals surface area contributed by atoms with E-state index in [1.54, 1.807) is 17.1 Å². The lowest BCUT2D eigenvalue weighted by molar-refractivity contribution is -0.160. The molecule has 3 amide bonds. The lowest BCUT2D eigenvalue weighted by Gasteiger charge is -2.39. The Morgan fingerprint density at radius 2 is 1.84 bits per heavy atom. The summed E-state index contributed by atoms with van der Waals surface area (Å²) >= 11 is 3.73. The van der Waals surface area contributed by atoms with E-state index in [0.29, 0.717) is 24.8 Å². The minimum Gasteiger partial charge on any atom is -0.455 e. The number of nitrogens with one attached hydrogen (secondary N) is 1. The summed E-state index contributed by atoms with van der Waals surface area (Å²) in [6.07, 6.45) is 3.20. The zero-order chi connectivity index (χ0) is 35.5. The topological polar surface area (TPSA) is 125 Å². The maximum absolute atomic E-state index is 15.0. The van der Waals surface area contributed by atoms with Gasteiger partial charge >= 0.3 is 5.97 Å². The first-order chi connectivity index (χ1) is 23.5. The van der Waals surface area contributed by atoms with Gasteiger partial charge in [-0.2, -0.15) is 0 Å². The Kier molecular flexibility index (Phi) is 11.5. The van der Waals surface area contributed by atoms with E-state index in [1.807, 2.05) is 69.3 Å². The number of para-hydroxylation sites is 1. The summed E-state index contributed by atoms with van der Waals surface area (Å²) in [5.74, 6) is -3.68. The number of hydrogen-bond acceptors (Lipinski definition) is 7. The molecule has 3 aliphatic rings. The molecular formula is C38H46BrN3O7. The van der Waals surface area contributed by atoms with Crippen molar-refractivity contribution in [2.75, 3.05) is 24.6 Å². The smallest absolute Gasteiger partial charge is 0.313 e. The van der Waals surface area contributed by atoms with Crippen molar-refractivity contribution in [3.63, 3.8) is 0 Å². The largest absolute Gasteiger partial charge is 0.455 e. The van der Waals surface area contributed by atoms with Gasteiger partial charge in [-0.1, -0.05) is 83.5 Å². The van der Waals surface area contributed by atoms with E-state index in [4.69, 9.17) is 9.47 Å². The third kappa shape index (κ3) is 6.72. The maximum Gasteiger partial charge on any atom is 0.313 e. The number of esters is 1. The number of rotatable bonds is 15. The van der Waals surface area contributed by atoms with Crippen LogP contribution < -0.4 is 10.2 Å². The number of aliphatic hydroxyl groups excluding tert-OH is 1. The number of carbonyl (C=O) groups is 4. The Labute approximate surface area is 296 Å². The van der Waals surface area contributed by atoms with Gasteiger partial charge in [0.05, 0.1) is 37.1 Å². The molecule has 1 unspecified atom stereocenters. The van der Waals surface area contributed by atoms with Crippen LogP contribution in [0.5, 0.6) is 0 Å². The highest BCUT2D eigenvalue weighted by Crippen LogP contribution is 2.61. The zero-order valence-electron chi connectivity index (χ0n) is 28.3. The van der Waals surface area contributed by atoms with Gasteiger partial charge in [0.1, 0.15) is 17.7 Å². The Morgan fingerprint density at radius 1 is 1.14 bits per heavy atom. The summed E-state index contributed by atoms with van der Waals surface area (Å²) in [7, 11) is 0. The Bertz CT molecular complexity index is 1560. The van der Waals surface area contributed by atoms with Gasteiger partial charge < -0.3 is 29.7 Å². The molecule has 1 spiro atoms. The molecule has 10 nitrogen and oxygen atoms in total. The molecule has 3 fully saturated rings. The number of ether oxygens (including phenoxy) is 2. The van der Waals surface area contributed by atoms with Gasteiger partial charge in [-0.3, -0.25) is 19.2 Å². The number of carbonyl (C=O) groups excluding carboxylic acids is 4. The van der Waals surface area contributed by atoms with Crippen molar-refractivity contribution in [2.45, 2.75) is 81.2 Å². The number of likely N-dealkylation sites (tertiary alicyclic amines) is 1. The molecular weight excluding hydrogens is 690 g/mol. The average Bonchev–Trinajstić information content (AvgIpc) is 3.69. The highest BCUT2D eigenvalue weighted by Gasteiger charge is 2.77. The van der Waals surface area contributed by atoms with Crippen molar-refractivity contribution in [2.24, 2.45) is 11.8 Å². The molecule has 8 atom stereocenters. The van der Waals surface area contributed by atoms with Crippen LogP contribution in [0, 0.1) is 25.7 Å². The Morgan fingerprint density at radius 3 is 2.45 bits per heavy atom. The first-order valence-corrected chi connectivity index (χ1v) is 17.8. The molecule has 0 aromatic heterocycles. The van der Waals surface area contributed by atoms with Crippen molar-refractivity contribution in [1.29, 1.82) is 0 Å². The fraction of sp³-hybridized carbons (Fsp3) is 0.474. The summed E-state index contributed by atoms with van der Waals surface area (Å²) < 4.78 is 12.9. The second kappa shape index (κ2) is 15.4. The summed E-state index contributed by atoms with van der Waals surface area (Å²) in [5.41, 5.74) is 1.82. The first-order valence-electron chi connectivity index (χ1n) is 16.9. The van der Waals surface area contributed by atoms with E-state index < -0.39 is 53.6 Å². The number of halogens is 1. The standard InChI is InChI=1S/C38H46BrN3O7/c1-6-9-18-29(44)40-21-28(25-16-11-10-12-17-25)48-37(47)30-31-35(45)42(26(8-3)22-43)34(38(31)20-27(39)33(30)49-38)36(46)41(19-7-2)32-23(4)14-13-15-24(32)5/h6-7,10-17,26-28,30-31,33-34,43H,1-2,8-9,18-22H2,3-5H3,(H,40,44)/t26-,27?,28-,30-,31+,33-,34-,38+/m0/s1. The molecule has 11 heteroatoms. The van der Waals surface area contributed by atoms with Crippen molar-refractivity contribution >= 4 is 45.3 Å². The number of fused-ring (bicyclic) bond motifs is 1. The highest BCUT2D eigenvalue weighted by atomic mass is 79.9. The second-order valence-corrected chi connectivity index (χ2v) is 14.3. The third-order valence-electron chi connectivity index (χ3n) is 10.1. The fourth-order valence-corrected chi connectivity index (χ4v) is 8.81. The molecule has 2 bridgehead atoms. The predicted octanol–water partition coefficient (Wildman–Crippen LogP) is 4.71. The van der Waals surface area contributed by atoms with Gasteiger partial charge in [-0.25, -0.2) is 0 Å². The Balaban J connectivity index is 1.53. The number of aliphatic hydroxyl groups is 1. The number of aryl methyl sites for hydroxylation is 2. The third-order valence-corrected chi connectivity index (χ3v) is 10.9. The number of anilines is 1. The summed E-state index contributed by atoms with van der Waals surface area (Å²) in [4.78, 5) is 59.2. The Hall–Kier alpha value is -3.80. The number of hydrogen-bond donors (Lipinski definition) is 2. The molecule has 0 aliphatic carbocycles. The molecule has 2 aromatic carbocycles. The highest BCUT2D eigenvalue weighted by molar-refractivity contribution is 9.09.